The molecule has 3 unspecified atom stereocenters. The number of carbonyl (C=O) groups is 1. The molecule has 88 valence electrons. The van der Waals surface area contributed by atoms with Crippen molar-refractivity contribution in [3.05, 3.63) is 0 Å². The first-order valence-corrected chi connectivity index (χ1v) is 6.56. The SMILES string of the molecule is CCC1CCCC(C(C(C)=O)C(C)C)C1. The molecule has 1 nitrogen and oxygen atoms in total. The van der Waals surface area contributed by atoms with Crippen molar-refractivity contribution in [3.8, 4) is 0 Å². The molecule has 1 aliphatic carbocycles. The molecular weight excluding hydrogens is 184 g/mol. The van der Waals surface area contributed by atoms with Gasteiger partial charge in [0.05, 0.1) is 0 Å². The summed E-state index contributed by atoms with van der Waals surface area (Å²) in [5.74, 6) is 2.79. The van der Waals surface area contributed by atoms with Gasteiger partial charge in [-0.1, -0.05) is 40.0 Å². The summed E-state index contributed by atoms with van der Waals surface area (Å²) in [5, 5.41) is 0. The molecular formula is C14H26O. The van der Waals surface area contributed by atoms with Crippen LogP contribution in [0.5, 0.6) is 0 Å². The first kappa shape index (κ1) is 12.7. The second-order valence-electron chi connectivity index (χ2n) is 5.58. The summed E-state index contributed by atoms with van der Waals surface area (Å²) in [4.78, 5) is 11.7. The minimum atomic E-state index is 0.319. The van der Waals surface area contributed by atoms with Crippen LogP contribution in [0.2, 0.25) is 0 Å². The van der Waals surface area contributed by atoms with E-state index in [4.69, 9.17) is 0 Å². The molecule has 0 bridgehead atoms. The second kappa shape index (κ2) is 5.67. The quantitative estimate of drug-likeness (QED) is 0.683. The molecule has 15 heavy (non-hydrogen) atoms. The van der Waals surface area contributed by atoms with Crippen molar-refractivity contribution in [1.82, 2.24) is 0 Å². The Morgan fingerprint density at radius 3 is 2.47 bits per heavy atom. The van der Waals surface area contributed by atoms with Gasteiger partial charge in [0.15, 0.2) is 0 Å². The van der Waals surface area contributed by atoms with Crippen LogP contribution in [0.3, 0.4) is 0 Å². The van der Waals surface area contributed by atoms with Crippen molar-refractivity contribution in [2.24, 2.45) is 23.7 Å². The smallest absolute Gasteiger partial charge is 0.133 e. The van der Waals surface area contributed by atoms with Crippen molar-refractivity contribution < 1.29 is 4.79 Å². The van der Waals surface area contributed by atoms with E-state index in [1.165, 1.54) is 32.1 Å². The molecule has 1 saturated carbocycles. The maximum absolute atomic E-state index is 11.7. The molecule has 0 aliphatic heterocycles. The van der Waals surface area contributed by atoms with Crippen LogP contribution in [-0.2, 0) is 4.79 Å². The van der Waals surface area contributed by atoms with Gasteiger partial charge in [-0.2, -0.15) is 0 Å². The summed E-state index contributed by atoms with van der Waals surface area (Å²) in [6, 6.07) is 0. The average molecular weight is 210 g/mol. The van der Waals surface area contributed by atoms with Crippen molar-refractivity contribution in [2.75, 3.05) is 0 Å². The fourth-order valence-corrected chi connectivity index (χ4v) is 3.38. The van der Waals surface area contributed by atoms with Crippen LogP contribution in [0.15, 0.2) is 0 Å². The van der Waals surface area contributed by atoms with Gasteiger partial charge in [-0.05, 0) is 37.5 Å². The molecule has 0 amide bonds. The van der Waals surface area contributed by atoms with Crippen LogP contribution in [0, 0.1) is 23.7 Å². The van der Waals surface area contributed by atoms with Gasteiger partial charge in [0, 0.05) is 5.92 Å². The lowest BCUT2D eigenvalue weighted by atomic mass is 9.70. The molecule has 0 saturated heterocycles. The summed E-state index contributed by atoms with van der Waals surface area (Å²) in [6.45, 7) is 8.45. The van der Waals surface area contributed by atoms with Gasteiger partial charge in [0.2, 0.25) is 0 Å². The van der Waals surface area contributed by atoms with E-state index in [2.05, 4.69) is 20.8 Å². The molecule has 1 aliphatic rings. The predicted octanol–water partition coefficient (Wildman–Crippen LogP) is 4.06. The zero-order valence-electron chi connectivity index (χ0n) is 10.8. The highest BCUT2D eigenvalue weighted by Crippen LogP contribution is 2.38. The number of hydrogen-bond donors (Lipinski definition) is 0. The fourth-order valence-electron chi connectivity index (χ4n) is 3.38. The topological polar surface area (TPSA) is 17.1 Å². The predicted molar refractivity (Wildman–Crippen MR) is 64.7 cm³/mol. The van der Waals surface area contributed by atoms with E-state index < -0.39 is 0 Å². The average Bonchev–Trinajstić information content (AvgIpc) is 2.17. The highest BCUT2D eigenvalue weighted by Gasteiger charge is 2.32. The summed E-state index contributed by atoms with van der Waals surface area (Å²) < 4.78 is 0. The van der Waals surface area contributed by atoms with Gasteiger partial charge in [-0.25, -0.2) is 0 Å². The van der Waals surface area contributed by atoms with Crippen molar-refractivity contribution >= 4 is 5.78 Å². The Hall–Kier alpha value is -0.330. The van der Waals surface area contributed by atoms with Crippen molar-refractivity contribution in [3.63, 3.8) is 0 Å². The lowest BCUT2D eigenvalue weighted by Gasteiger charge is -2.35. The molecule has 3 atom stereocenters. The third kappa shape index (κ3) is 3.32. The van der Waals surface area contributed by atoms with Gasteiger partial charge >= 0.3 is 0 Å². The van der Waals surface area contributed by atoms with Gasteiger partial charge in [-0.15, -0.1) is 0 Å². The van der Waals surface area contributed by atoms with E-state index in [0.29, 0.717) is 23.5 Å². The zero-order chi connectivity index (χ0) is 11.4. The molecule has 1 fully saturated rings. The lowest BCUT2D eigenvalue weighted by Crippen LogP contribution is -2.30. The number of rotatable bonds is 4. The van der Waals surface area contributed by atoms with E-state index in [1.807, 2.05) is 0 Å². The van der Waals surface area contributed by atoms with Crippen molar-refractivity contribution in [2.45, 2.75) is 59.8 Å². The zero-order valence-corrected chi connectivity index (χ0v) is 10.8. The number of hydrogen-bond acceptors (Lipinski definition) is 1. The fraction of sp³-hybridized carbons (Fsp3) is 0.929. The van der Waals surface area contributed by atoms with E-state index in [9.17, 15) is 4.79 Å². The maximum atomic E-state index is 11.7. The number of ketones is 1. The Morgan fingerprint density at radius 1 is 1.33 bits per heavy atom. The molecule has 0 spiro atoms. The third-order valence-corrected chi connectivity index (χ3v) is 4.10. The molecule has 0 N–H and O–H groups in total. The van der Waals surface area contributed by atoms with Gasteiger partial charge in [0.25, 0.3) is 0 Å². The molecule has 0 aromatic carbocycles. The Kier molecular flexibility index (Phi) is 4.82. The summed E-state index contributed by atoms with van der Waals surface area (Å²) in [5.41, 5.74) is 0. The molecule has 1 rings (SSSR count). The Bertz CT molecular complexity index is 207. The molecule has 0 radical (unpaired) electrons. The molecule has 0 aromatic heterocycles. The number of carbonyl (C=O) groups excluding carboxylic acids is 1. The van der Waals surface area contributed by atoms with Crippen LogP contribution in [0.1, 0.15) is 59.8 Å². The minimum Gasteiger partial charge on any atom is -0.300 e. The third-order valence-electron chi connectivity index (χ3n) is 4.10. The summed E-state index contributed by atoms with van der Waals surface area (Å²) in [7, 11) is 0. The highest BCUT2D eigenvalue weighted by molar-refractivity contribution is 5.78. The first-order valence-electron chi connectivity index (χ1n) is 6.56. The molecule has 1 heteroatoms. The second-order valence-corrected chi connectivity index (χ2v) is 5.58. The standard InChI is InChI=1S/C14H26O/c1-5-12-7-6-8-13(9-12)14(10(2)3)11(4)15/h10,12-14H,5-9H2,1-4H3. The number of Topliss-reactive ketones (excluding diaryl/α,β-unsaturated/α-hetero) is 1. The van der Waals surface area contributed by atoms with Gasteiger partial charge in [-0.3, -0.25) is 4.79 Å². The summed E-state index contributed by atoms with van der Waals surface area (Å²) in [6.07, 6.45) is 6.58. The van der Waals surface area contributed by atoms with E-state index in [-0.39, 0.29) is 0 Å². The Balaban J connectivity index is 2.63. The van der Waals surface area contributed by atoms with E-state index in [0.717, 1.165) is 5.92 Å². The maximum Gasteiger partial charge on any atom is 0.133 e. The Labute approximate surface area is 94.6 Å². The van der Waals surface area contributed by atoms with Crippen LogP contribution >= 0.6 is 0 Å². The van der Waals surface area contributed by atoms with Crippen LogP contribution in [-0.4, -0.2) is 5.78 Å². The van der Waals surface area contributed by atoms with E-state index >= 15 is 0 Å². The molecule has 0 heterocycles. The van der Waals surface area contributed by atoms with Gasteiger partial charge in [0.1, 0.15) is 5.78 Å². The highest BCUT2D eigenvalue weighted by atomic mass is 16.1. The van der Waals surface area contributed by atoms with Crippen molar-refractivity contribution in [1.29, 1.82) is 0 Å². The Morgan fingerprint density at radius 2 is 2.00 bits per heavy atom. The van der Waals surface area contributed by atoms with Crippen LogP contribution < -0.4 is 0 Å². The lowest BCUT2D eigenvalue weighted by molar-refractivity contribution is -0.124. The van der Waals surface area contributed by atoms with Crippen LogP contribution in [0.4, 0.5) is 0 Å². The summed E-state index contributed by atoms with van der Waals surface area (Å²) >= 11 is 0. The normalized spacial score (nSPS) is 29.1. The van der Waals surface area contributed by atoms with Crippen LogP contribution in [0.25, 0.3) is 0 Å². The monoisotopic (exact) mass is 210 g/mol. The molecule has 0 aromatic rings. The van der Waals surface area contributed by atoms with Gasteiger partial charge < -0.3 is 0 Å². The largest absolute Gasteiger partial charge is 0.300 e. The van der Waals surface area contributed by atoms with E-state index in [1.54, 1.807) is 6.92 Å². The first-order chi connectivity index (χ1) is 7.06. The minimum absolute atomic E-state index is 0.319.